The first-order valence-corrected chi connectivity index (χ1v) is 11.3. The van der Waals surface area contributed by atoms with Crippen molar-refractivity contribution >= 4 is 27.3 Å². The summed E-state index contributed by atoms with van der Waals surface area (Å²) >= 11 is 0. The van der Waals surface area contributed by atoms with Gasteiger partial charge in [0.05, 0.1) is 0 Å². The van der Waals surface area contributed by atoms with E-state index in [0.29, 0.717) is 6.61 Å². The Morgan fingerprint density at radius 2 is 1.30 bits per heavy atom. The molecule has 0 aliphatic rings. The number of benzene rings is 2. The normalized spacial score (nSPS) is 11.8. The van der Waals surface area contributed by atoms with Crippen LogP contribution in [0, 0.1) is 0 Å². The lowest BCUT2D eigenvalue weighted by Gasteiger charge is -2.28. The molecule has 0 atom stereocenters. The van der Waals surface area contributed by atoms with Crippen LogP contribution in [-0.2, 0) is 13.3 Å². The maximum atomic E-state index is 5.85. The molecule has 23 heavy (non-hydrogen) atoms. The smallest absolute Gasteiger partial charge is 0.377 e. The molecule has 0 unspecified atom stereocenters. The molecular formula is C18H25O3PSi. The molecule has 0 heterocycles. The zero-order valence-corrected chi connectivity index (χ0v) is 16.0. The molecule has 0 fully saturated rings. The van der Waals surface area contributed by atoms with Crippen molar-refractivity contribution in [1.82, 2.24) is 0 Å². The monoisotopic (exact) mass is 348 g/mol. The van der Waals surface area contributed by atoms with Crippen LogP contribution in [0.1, 0.15) is 6.92 Å². The molecule has 2 aromatic rings. The quantitative estimate of drug-likeness (QED) is 0.514. The second-order valence-electron chi connectivity index (χ2n) is 5.10. The molecule has 0 radical (unpaired) electrons. The average Bonchev–Trinajstić information content (AvgIpc) is 2.63. The van der Waals surface area contributed by atoms with Gasteiger partial charge in [0.15, 0.2) is 0 Å². The summed E-state index contributed by atoms with van der Waals surface area (Å²) in [6.07, 6.45) is 0.997. The molecule has 0 aliphatic heterocycles. The Hall–Kier alpha value is -1.03. The Kier molecular flexibility index (Phi) is 7.41. The minimum atomic E-state index is -2.56. The zero-order valence-electron chi connectivity index (χ0n) is 14.1. The summed E-state index contributed by atoms with van der Waals surface area (Å²) < 4.78 is 17.2. The third-order valence-electron chi connectivity index (χ3n) is 3.76. The fourth-order valence-electron chi connectivity index (χ4n) is 2.57. The van der Waals surface area contributed by atoms with E-state index in [9.17, 15) is 0 Å². The van der Waals surface area contributed by atoms with Crippen molar-refractivity contribution in [3.63, 3.8) is 0 Å². The highest BCUT2D eigenvalue weighted by molar-refractivity contribution is 7.73. The van der Waals surface area contributed by atoms with Gasteiger partial charge < -0.3 is 13.3 Å². The molecule has 0 bridgehead atoms. The van der Waals surface area contributed by atoms with E-state index in [4.69, 9.17) is 13.3 Å². The molecule has 5 heteroatoms. The van der Waals surface area contributed by atoms with Gasteiger partial charge >= 0.3 is 8.80 Å². The van der Waals surface area contributed by atoms with E-state index in [1.165, 1.54) is 10.6 Å². The maximum absolute atomic E-state index is 5.85. The highest BCUT2D eigenvalue weighted by Crippen LogP contribution is 2.36. The Bertz CT molecular complexity index is 521. The third kappa shape index (κ3) is 4.97. The predicted octanol–water partition coefficient (Wildman–Crippen LogP) is 3.39. The molecule has 3 nitrogen and oxygen atoms in total. The first-order chi connectivity index (χ1) is 11.2. The van der Waals surface area contributed by atoms with E-state index < -0.39 is 16.7 Å². The third-order valence-corrected chi connectivity index (χ3v) is 9.53. The molecule has 0 N–H and O–H groups in total. The van der Waals surface area contributed by atoms with E-state index >= 15 is 0 Å². The fourth-order valence-corrected chi connectivity index (χ4v) is 7.83. The summed E-state index contributed by atoms with van der Waals surface area (Å²) in [6.45, 7) is 2.60. The Balaban J connectivity index is 2.22. The summed E-state index contributed by atoms with van der Waals surface area (Å²) in [6, 6.07) is 22.2. The molecule has 2 rings (SSSR count). The molecule has 0 amide bonds. The SMILES string of the molecule is CCO[Si](CCP(c1ccccc1)c1ccccc1)(OC)OC. The van der Waals surface area contributed by atoms with Gasteiger partial charge in [-0.3, -0.25) is 0 Å². The van der Waals surface area contributed by atoms with Gasteiger partial charge in [0.25, 0.3) is 0 Å². The molecule has 0 saturated carbocycles. The standard InChI is InChI=1S/C18H25O3PSi/c1-4-21-23(19-2,20-3)16-15-22(17-11-7-5-8-12-17)18-13-9-6-10-14-18/h5-14H,4,15-16H2,1-3H3. The van der Waals surface area contributed by atoms with Gasteiger partial charge in [-0.15, -0.1) is 0 Å². The van der Waals surface area contributed by atoms with E-state index in [1.54, 1.807) is 14.2 Å². The highest BCUT2D eigenvalue weighted by Gasteiger charge is 2.39. The van der Waals surface area contributed by atoms with Gasteiger partial charge in [0.1, 0.15) is 0 Å². The molecule has 0 spiro atoms. The van der Waals surface area contributed by atoms with E-state index in [1.807, 2.05) is 6.92 Å². The van der Waals surface area contributed by atoms with Crippen LogP contribution in [0.25, 0.3) is 0 Å². The number of hydrogen-bond acceptors (Lipinski definition) is 3. The molecule has 2 aromatic carbocycles. The van der Waals surface area contributed by atoms with Crippen LogP contribution in [0.15, 0.2) is 60.7 Å². The summed E-state index contributed by atoms with van der Waals surface area (Å²) in [5.74, 6) is 0. The zero-order chi connectivity index (χ0) is 16.5. The van der Waals surface area contributed by atoms with E-state index in [2.05, 4.69) is 60.7 Å². The van der Waals surface area contributed by atoms with Crippen LogP contribution >= 0.6 is 7.92 Å². The number of rotatable bonds is 9. The summed E-state index contributed by atoms with van der Waals surface area (Å²) in [5, 5.41) is 2.75. The largest absolute Gasteiger partial charge is 0.500 e. The first kappa shape index (κ1) is 18.3. The van der Waals surface area contributed by atoms with E-state index in [0.717, 1.165) is 12.2 Å². The Labute approximate surface area is 141 Å². The Morgan fingerprint density at radius 3 is 1.70 bits per heavy atom. The number of hydrogen-bond donors (Lipinski definition) is 0. The predicted molar refractivity (Wildman–Crippen MR) is 100 cm³/mol. The van der Waals surface area contributed by atoms with Crippen molar-refractivity contribution in [2.45, 2.75) is 13.0 Å². The minimum Gasteiger partial charge on any atom is -0.377 e. The van der Waals surface area contributed by atoms with Crippen LogP contribution < -0.4 is 10.6 Å². The van der Waals surface area contributed by atoms with Crippen molar-refractivity contribution in [3.8, 4) is 0 Å². The van der Waals surface area contributed by atoms with Crippen molar-refractivity contribution in [2.24, 2.45) is 0 Å². The first-order valence-electron chi connectivity index (χ1n) is 7.86. The molecule has 0 aromatic heterocycles. The summed E-state index contributed by atoms with van der Waals surface area (Å²) in [5.41, 5.74) is 0. The fraction of sp³-hybridized carbons (Fsp3) is 0.333. The van der Waals surface area contributed by atoms with Gasteiger partial charge in [-0.1, -0.05) is 60.7 Å². The van der Waals surface area contributed by atoms with Crippen molar-refractivity contribution < 1.29 is 13.3 Å². The minimum absolute atomic E-state index is 0.443. The second kappa shape index (κ2) is 9.31. The van der Waals surface area contributed by atoms with E-state index in [-0.39, 0.29) is 0 Å². The van der Waals surface area contributed by atoms with Crippen molar-refractivity contribution in [1.29, 1.82) is 0 Å². The Morgan fingerprint density at radius 1 is 0.826 bits per heavy atom. The van der Waals surface area contributed by atoms with Gasteiger partial charge in [-0.2, -0.15) is 0 Å². The van der Waals surface area contributed by atoms with Gasteiger partial charge in [0.2, 0.25) is 0 Å². The average molecular weight is 348 g/mol. The van der Waals surface area contributed by atoms with Crippen LogP contribution in [0.2, 0.25) is 6.04 Å². The lowest BCUT2D eigenvalue weighted by atomic mass is 10.4. The molecule has 0 saturated heterocycles. The topological polar surface area (TPSA) is 27.7 Å². The van der Waals surface area contributed by atoms with Gasteiger partial charge in [0, 0.05) is 26.9 Å². The van der Waals surface area contributed by atoms with Crippen LogP contribution in [0.3, 0.4) is 0 Å². The molecular weight excluding hydrogens is 323 g/mol. The van der Waals surface area contributed by atoms with Crippen LogP contribution in [-0.4, -0.2) is 35.8 Å². The lowest BCUT2D eigenvalue weighted by Crippen LogP contribution is -2.44. The maximum Gasteiger partial charge on any atom is 0.500 e. The summed E-state index contributed by atoms with van der Waals surface area (Å²) in [4.78, 5) is 0. The van der Waals surface area contributed by atoms with Gasteiger partial charge in [-0.05, 0) is 31.6 Å². The highest BCUT2D eigenvalue weighted by atomic mass is 31.1. The lowest BCUT2D eigenvalue weighted by molar-refractivity contribution is 0.105. The van der Waals surface area contributed by atoms with Gasteiger partial charge in [-0.25, -0.2) is 0 Å². The molecule has 0 aliphatic carbocycles. The molecule has 124 valence electrons. The van der Waals surface area contributed by atoms with Crippen molar-refractivity contribution in [3.05, 3.63) is 60.7 Å². The second-order valence-corrected chi connectivity index (χ2v) is 10.4. The summed E-state index contributed by atoms with van der Waals surface area (Å²) in [7, 11) is 0.388. The van der Waals surface area contributed by atoms with Crippen LogP contribution in [0.5, 0.6) is 0 Å². The van der Waals surface area contributed by atoms with Crippen molar-refractivity contribution in [2.75, 3.05) is 27.0 Å². The van der Waals surface area contributed by atoms with Crippen LogP contribution in [0.4, 0.5) is 0 Å².